The van der Waals surface area contributed by atoms with Crippen LogP contribution < -0.4 is 11.1 Å². The molecule has 1 fully saturated rings. The number of nitrogens with one attached hydrogen (secondary N) is 1. The summed E-state index contributed by atoms with van der Waals surface area (Å²) in [7, 11) is 0. The van der Waals surface area contributed by atoms with Gasteiger partial charge in [-0.25, -0.2) is 0 Å². The van der Waals surface area contributed by atoms with Gasteiger partial charge in [0.1, 0.15) is 0 Å². The minimum Gasteiger partial charge on any atom is -0.352 e. The molecule has 1 saturated carbocycles. The lowest BCUT2D eigenvalue weighted by atomic mass is 9.85. The van der Waals surface area contributed by atoms with E-state index in [2.05, 4.69) is 5.32 Å². The average Bonchev–Trinajstić information content (AvgIpc) is 2.38. The topological polar surface area (TPSA) is 55.1 Å². The number of amides is 1. The fraction of sp³-hybridized carbons (Fsp3) is 0.533. The summed E-state index contributed by atoms with van der Waals surface area (Å²) in [6.07, 6.45) is 4.68. The highest BCUT2D eigenvalue weighted by atomic mass is 16.1. The van der Waals surface area contributed by atoms with Gasteiger partial charge in [-0.1, -0.05) is 30.5 Å². The van der Waals surface area contributed by atoms with Crippen LogP contribution in [-0.2, 0) is 0 Å². The Hall–Kier alpha value is -1.35. The minimum atomic E-state index is 0.00720. The highest BCUT2D eigenvalue weighted by molar-refractivity contribution is 5.94. The number of hydrogen-bond acceptors (Lipinski definition) is 2. The lowest BCUT2D eigenvalue weighted by Crippen LogP contribution is -2.41. The molecule has 0 saturated heterocycles. The van der Waals surface area contributed by atoms with E-state index in [1.807, 2.05) is 31.2 Å². The summed E-state index contributed by atoms with van der Waals surface area (Å²) in [4.78, 5) is 12.0. The molecule has 0 aliphatic heterocycles. The molecule has 1 aromatic carbocycles. The van der Waals surface area contributed by atoms with E-state index in [0.717, 1.165) is 18.4 Å². The van der Waals surface area contributed by atoms with E-state index in [4.69, 9.17) is 5.73 Å². The molecule has 2 rings (SSSR count). The van der Waals surface area contributed by atoms with Crippen LogP contribution in [0.25, 0.3) is 0 Å². The van der Waals surface area contributed by atoms with Crippen molar-refractivity contribution in [1.29, 1.82) is 0 Å². The highest BCUT2D eigenvalue weighted by Crippen LogP contribution is 2.22. The van der Waals surface area contributed by atoms with Crippen molar-refractivity contribution in [3.8, 4) is 0 Å². The van der Waals surface area contributed by atoms with Crippen LogP contribution in [0.3, 0.4) is 0 Å². The second-order valence-corrected chi connectivity index (χ2v) is 5.28. The Bertz CT molecular complexity index is 399. The largest absolute Gasteiger partial charge is 0.352 e. The number of nitrogens with two attached hydrogens (primary N) is 1. The van der Waals surface area contributed by atoms with Gasteiger partial charge in [-0.05, 0) is 37.8 Å². The SMILES string of the molecule is Cc1ccc(C(=O)NCC2CCCCC2N)cc1. The first-order valence-corrected chi connectivity index (χ1v) is 6.77. The molecular formula is C15H22N2O. The van der Waals surface area contributed by atoms with Crippen molar-refractivity contribution in [3.05, 3.63) is 35.4 Å². The molecule has 1 aliphatic rings. The normalized spacial score (nSPS) is 23.7. The molecule has 2 atom stereocenters. The predicted molar refractivity (Wildman–Crippen MR) is 73.4 cm³/mol. The van der Waals surface area contributed by atoms with E-state index < -0.39 is 0 Å². The van der Waals surface area contributed by atoms with E-state index >= 15 is 0 Å². The molecule has 18 heavy (non-hydrogen) atoms. The maximum Gasteiger partial charge on any atom is 0.251 e. The molecule has 0 radical (unpaired) electrons. The van der Waals surface area contributed by atoms with Crippen molar-refractivity contribution in [1.82, 2.24) is 5.32 Å². The van der Waals surface area contributed by atoms with Crippen molar-refractivity contribution in [2.24, 2.45) is 11.7 Å². The van der Waals surface area contributed by atoms with Crippen molar-refractivity contribution >= 4 is 5.91 Å². The maximum atomic E-state index is 12.0. The van der Waals surface area contributed by atoms with Crippen LogP contribution in [0, 0.1) is 12.8 Å². The zero-order valence-corrected chi connectivity index (χ0v) is 11.0. The molecule has 1 aromatic rings. The lowest BCUT2D eigenvalue weighted by Gasteiger charge is -2.28. The fourth-order valence-electron chi connectivity index (χ4n) is 2.52. The summed E-state index contributed by atoms with van der Waals surface area (Å²) in [5.74, 6) is 0.445. The summed E-state index contributed by atoms with van der Waals surface area (Å²) in [6.45, 7) is 2.72. The van der Waals surface area contributed by atoms with Gasteiger partial charge in [-0.3, -0.25) is 4.79 Å². The molecule has 0 bridgehead atoms. The van der Waals surface area contributed by atoms with Crippen molar-refractivity contribution in [2.45, 2.75) is 38.6 Å². The second-order valence-electron chi connectivity index (χ2n) is 5.28. The van der Waals surface area contributed by atoms with E-state index in [-0.39, 0.29) is 11.9 Å². The Morgan fingerprint density at radius 2 is 1.94 bits per heavy atom. The summed E-state index contributed by atoms with van der Waals surface area (Å²) in [6, 6.07) is 7.90. The first kappa shape index (κ1) is 13.1. The second kappa shape index (κ2) is 6.01. The van der Waals surface area contributed by atoms with Crippen LogP contribution in [0.2, 0.25) is 0 Å². The number of benzene rings is 1. The van der Waals surface area contributed by atoms with Crippen LogP contribution in [0.5, 0.6) is 0 Å². The maximum absolute atomic E-state index is 12.0. The first-order chi connectivity index (χ1) is 8.66. The third kappa shape index (κ3) is 3.33. The molecule has 1 aliphatic carbocycles. The lowest BCUT2D eigenvalue weighted by molar-refractivity contribution is 0.0941. The molecule has 3 heteroatoms. The van der Waals surface area contributed by atoms with E-state index in [1.54, 1.807) is 0 Å². The minimum absolute atomic E-state index is 0.00720. The van der Waals surface area contributed by atoms with Gasteiger partial charge in [0.15, 0.2) is 0 Å². The first-order valence-electron chi connectivity index (χ1n) is 6.77. The number of hydrogen-bond donors (Lipinski definition) is 2. The van der Waals surface area contributed by atoms with E-state index in [1.165, 1.54) is 18.4 Å². The molecule has 3 N–H and O–H groups in total. The quantitative estimate of drug-likeness (QED) is 0.859. The molecule has 0 heterocycles. The van der Waals surface area contributed by atoms with Crippen molar-refractivity contribution in [2.75, 3.05) is 6.54 Å². The zero-order chi connectivity index (χ0) is 13.0. The Kier molecular flexibility index (Phi) is 4.37. The van der Waals surface area contributed by atoms with Crippen LogP contribution in [0.4, 0.5) is 0 Å². The van der Waals surface area contributed by atoms with Gasteiger partial charge in [0.25, 0.3) is 5.91 Å². The van der Waals surface area contributed by atoms with E-state index in [0.29, 0.717) is 12.5 Å². The summed E-state index contributed by atoms with van der Waals surface area (Å²) in [5, 5.41) is 3.00. The number of carbonyl (C=O) groups is 1. The third-order valence-corrected chi connectivity index (χ3v) is 3.81. The summed E-state index contributed by atoms with van der Waals surface area (Å²) < 4.78 is 0. The molecule has 3 nitrogen and oxygen atoms in total. The van der Waals surface area contributed by atoms with Crippen molar-refractivity contribution in [3.63, 3.8) is 0 Å². The Morgan fingerprint density at radius 3 is 2.61 bits per heavy atom. The number of rotatable bonds is 3. The predicted octanol–water partition coefficient (Wildman–Crippen LogP) is 2.24. The van der Waals surface area contributed by atoms with Gasteiger partial charge >= 0.3 is 0 Å². The molecule has 2 unspecified atom stereocenters. The zero-order valence-electron chi connectivity index (χ0n) is 11.0. The Morgan fingerprint density at radius 1 is 1.28 bits per heavy atom. The number of aryl methyl sites for hydroxylation is 1. The van der Waals surface area contributed by atoms with Crippen LogP contribution in [-0.4, -0.2) is 18.5 Å². The fourth-order valence-corrected chi connectivity index (χ4v) is 2.52. The highest BCUT2D eigenvalue weighted by Gasteiger charge is 2.22. The van der Waals surface area contributed by atoms with Gasteiger partial charge < -0.3 is 11.1 Å². The molecule has 1 amide bonds. The van der Waals surface area contributed by atoms with Crippen LogP contribution >= 0.6 is 0 Å². The molecule has 0 spiro atoms. The van der Waals surface area contributed by atoms with E-state index in [9.17, 15) is 4.79 Å². The van der Waals surface area contributed by atoms with Gasteiger partial charge in [-0.15, -0.1) is 0 Å². The van der Waals surface area contributed by atoms with Gasteiger partial charge in [0.2, 0.25) is 0 Å². The number of carbonyl (C=O) groups excluding carboxylic acids is 1. The van der Waals surface area contributed by atoms with Gasteiger partial charge in [0.05, 0.1) is 0 Å². The Labute approximate surface area is 109 Å². The van der Waals surface area contributed by atoms with Gasteiger partial charge in [0, 0.05) is 18.2 Å². The van der Waals surface area contributed by atoms with Crippen molar-refractivity contribution < 1.29 is 4.79 Å². The molecule has 98 valence electrons. The van der Waals surface area contributed by atoms with Crippen LogP contribution in [0.15, 0.2) is 24.3 Å². The third-order valence-electron chi connectivity index (χ3n) is 3.81. The van der Waals surface area contributed by atoms with Gasteiger partial charge in [-0.2, -0.15) is 0 Å². The standard InChI is InChI=1S/C15H22N2O/c1-11-6-8-12(9-7-11)15(18)17-10-13-4-2-3-5-14(13)16/h6-9,13-14H,2-5,10,16H2,1H3,(H,17,18). The molecule has 0 aromatic heterocycles. The average molecular weight is 246 g/mol. The summed E-state index contributed by atoms with van der Waals surface area (Å²) >= 11 is 0. The smallest absolute Gasteiger partial charge is 0.251 e. The van der Waals surface area contributed by atoms with Crippen LogP contribution in [0.1, 0.15) is 41.6 Å². The Balaban J connectivity index is 1.86. The molecular weight excluding hydrogens is 224 g/mol. The summed E-state index contributed by atoms with van der Waals surface area (Å²) in [5.41, 5.74) is 7.97. The monoisotopic (exact) mass is 246 g/mol.